The Hall–Kier alpha value is -1.19. The Balaban J connectivity index is 4.29. The van der Waals surface area contributed by atoms with Gasteiger partial charge in [-0.1, -0.05) is 0 Å². The molecule has 0 aromatic heterocycles. The van der Waals surface area contributed by atoms with Crippen LogP contribution in [-0.4, -0.2) is 55.6 Å². The largest absolute Gasteiger partial charge is 0.480 e. The van der Waals surface area contributed by atoms with Crippen molar-refractivity contribution in [3.05, 3.63) is 0 Å². The summed E-state index contributed by atoms with van der Waals surface area (Å²) in [5.41, 5.74) is 0. The maximum Gasteiger partial charge on any atom is 0.324 e. The molecule has 0 spiro atoms. The van der Waals surface area contributed by atoms with Crippen LogP contribution in [0.1, 0.15) is 13.3 Å². The highest BCUT2D eigenvalue weighted by Crippen LogP contribution is 1.95. The molecule has 0 aliphatic carbocycles. The first-order chi connectivity index (χ1) is 7.82. The summed E-state index contributed by atoms with van der Waals surface area (Å²) >= 11 is 0. The summed E-state index contributed by atoms with van der Waals surface area (Å²) in [4.78, 5) is 21.4. The van der Waals surface area contributed by atoms with Crippen molar-refractivity contribution in [3.8, 4) is 0 Å². The average Bonchev–Trinajstić information content (AvgIpc) is 2.23. The predicted molar refractivity (Wildman–Crippen MR) is 56.7 cm³/mol. The SMILES string of the molecule is CCOC(=O)CCS(=O)(=O)N[C@H](CO)C(=O)O. The second-order valence-electron chi connectivity index (χ2n) is 3.07. The van der Waals surface area contributed by atoms with E-state index in [0.717, 1.165) is 0 Å². The number of aliphatic hydroxyl groups is 1. The Labute approximate surface area is 98.6 Å². The lowest BCUT2D eigenvalue weighted by Crippen LogP contribution is -2.44. The summed E-state index contributed by atoms with van der Waals surface area (Å²) in [6, 6.07) is -1.61. The molecular formula is C8H15NO7S. The maximum absolute atomic E-state index is 11.3. The van der Waals surface area contributed by atoms with Gasteiger partial charge in [0.1, 0.15) is 6.04 Å². The summed E-state index contributed by atoms with van der Waals surface area (Å²) in [6.07, 6.45) is -0.374. The maximum atomic E-state index is 11.3. The summed E-state index contributed by atoms with van der Waals surface area (Å²) < 4.78 is 28.9. The summed E-state index contributed by atoms with van der Waals surface area (Å²) in [5.74, 6) is -2.77. The van der Waals surface area contributed by atoms with Crippen molar-refractivity contribution in [2.75, 3.05) is 19.0 Å². The normalized spacial score (nSPS) is 13.1. The van der Waals surface area contributed by atoms with E-state index in [4.69, 9.17) is 10.2 Å². The van der Waals surface area contributed by atoms with Crippen LogP contribution >= 0.6 is 0 Å². The van der Waals surface area contributed by atoms with E-state index in [1.165, 1.54) is 0 Å². The topological polar surface area (TPSA) is 130 Å². The second kappa shape index (κ2) is 7.20. The van der Waals surface area contributed by atoms with Gasteiger partial charge in [0.05, 0.1) is 25.4 Å². The van der Waals surface area contributed by atoms with E-state index in [2.05, 4.69) is 4.74 Å². The molecule has 0 unspecified atom stereocenters. The number of ether oxygens (including phenoxy) is 1. The number of carbonyl (C=O) groups excluding carboxylic acids is 1. The van der Waals surface area contributed by atoms with Gasteiger partial charge >= 0.3 is 11.9 Å². The van der Waals surface area contributed by atoms with Crippen LogP contribution < -0.4 is 4.72 Å². The first-order valence-corrected chi connectivity index (χ1v) is 6.47. The van der Waals surface area contributed by atoms with E-state index < -0.39 is 40.4 Å². The van der Waals surface area contributed by atoms with Crippen molar-refractivity contribution in [2.45, 2.75) is 19.4 Å². The number of nitrogens with one attached hydrogen (secondary N) is 1. The molecule has 9 heteroatoms. The minimum atomic E-state index is -3.94. The van der Waals surface area contributed by atoms with Crippen LogP contribution in [0.25, 0.3) is 0 Å². The second-order valence-corrected chi connectivity index (χ2v) is 4.94. The fraction of sp³-hybridized carbons (Fsp3) is 0.750. The lowest BCUT2D eigenvalue weighted by atomic mass is 10.3. The highest BCUT2D eigenvalue weighted by Gasteiger charge is 2.23. The standard InChI is InChI=1S/C8H15NO7S/c1-2-16-7(11)3-4-17(14,15)9-6(5-10)8(12)13/h6,9-10H,2-5H2,1H3,(H,12,13)/t6-/m1/s1. The van der Waals surface area contributed by atoms with Gasteiger partial charge in [0, 0.05) is 0 Å². The number of carbonyl (C=O) groups is 2. The molecule has 1 atom stereocenters. The van der Waals surface area contributed by atoms with Crippen LogP contribution in [0.3, 0.4) is 0 Å². The number of hydrogen-bond acceptors (Lipinski definition) is 6. The predicted octanol–water partition coefficient (Wildman–Crippen LogP) is -1.70. The first-order valence-electron chi connectivity index (χ1n) is 4.81. The van der Waals surface area contributed by atoms with Crippen LogP contribution in [0.15, 0.2) is 0 Å². The number of aliphatic carboxylic acids is 1. The van der Waals surface area contributed by atoms with E-state index in [1.807, 2.05) is 0 Å². The molecule has 0 fully saturated rings. The smallest absolute Gasteiger partial charge is 0.324 e. The fourth-order valence-corrected chi connectivity index (χ4v) is 2.05. The highest BCUT2D eigenvalue weighted by atomic mass is 32.2. The minimum Gasteiger partial charge on any atom is -0.480 e. The van der Waals surface area contributed by atoms with Gasteiger partial charge in [-0.25, -0.2) is 8.42 Å². The fourth-order valence-electron chi connectivity index (χ4n) is 0.892. The Morgan fingerprint density at radius 1 is 1.41 bits per heavy atom. The number of rotatable bonds is 8. The molecule has 8 nitrogen and oxygen atoms in total. The molecule has 100 valence electrons. The number of esters is 1. The summed E-state index contributed by atoms with van der Waals surface area (Å²) in [6.45, 7) is 0.853. The third-order valence-electron chi connectivity index (χ3n) is 1.68. The molecule has 3 N–H and O–H groups in total. The molecule has 0 aromatic carbocycles. The van der Waals surface area contributed by atoms with Crippen LogP contribution in [0.4, 0.5) is 0 Å². The van der Waals surface area contributed by atoms with E-state index in [0.29, 0.717) is 0 Å². The zero-order valence-electron chi connectivity index (χ0n) is 9.25. The van der Waals surface area contributed by atoms with Gasteiger partial charge in [0.2, 0.25) is 10.0 Å². The van der Waals surface area contributed by atoms with Gasteiger partial charge in [-0.3, -0.25) is 9.59 Å². The van der Waals surface area contributed by atoms with Gasteiger partial charge in [-0.2, -0.15) is 4.72 Å². The highest BCUT2D eigenvalue weighted by molar-refractivity contribution is 7.89. The van der Waals surface area contributed by atoms with Crippen molar-refractivity contribution in [1.82, 2.24) is 4.72 Å². The monoisotopic (exact) mass is 269 g/mol. The van der Waals surface area contributed by atoms with E-state index in [1.54, 1.807) is 11.6 Å². The van der Waals surface area contributed by atoms with Crippen molar-refractivity contribution < 1.29 is 33.0 Å². The lowest BCUT2D eigenvalue weighted by Gasteiger charge is -2.11. The zero-order chi connectivity index (χ0) is 13.5. The van der Waals surface area contributed by atoms with Crippen LogP contribution in [0, 0.1) is 0 Å². The lowest BCUT2D eigenvalue weighted by molar-refractivity contribution is -0.142. The summed E-state index contributed by atoms with van der Waals surface area (Å²) in [7, 11) is -3.94. The molecule has 0 saturated carbocycles. The van der Waals surface area contributed by atoms with E-state index >= 15 is 0 Å². The molecule has 0 amide bonds. The Morgan fingerprint density at radius 3 is 2.41 bits per heavy atom. The van der Waals surface area contributed by atoms with Gasteiger partial charge in [0.25, 0.3) is 0 Å². The molecule has 0 bridgehead atoms. The zero-order valence-corrected chi connectivity index (χ0v) is 10.1. The number of sulfonamides is 1. The molecule has 0 rings (SSSR count). The number of carboxylic acids is 1. The van der Waals surface area contributed by atoms with Gasteiger partial charge in [-0.05, 0) is 6.92 Å². The quantitative estimate of drug-likeness (QED) is 0.448. The molecule has 17 heavy (non-hydrogen) atoms. The van der Waals surface area contributed by atoms with Crippen molar-refractivity contribution in [2.24, 2.45) is 0 Å². The third-order valence-corrected chi connectivity index (χ3v) is 3.07. The van der Waals surface area contributed by atoms with Gasteiger partial charge in [0.15, 0.2) is 0 Å². The van der Waals surface area contributed by atoms with Crippen LogP contribution in [0.5, 0.6) is 0 Å². The number of aliphatic hydroxyl groups excluding tert-OH is 1. The number of carboxylic acid groups (broad SMARTS) is 1. The van der Waals surface area contributed by atoms with Gasteiger partial charge < -0.3 is 14.9 Å². The molecule has 0 saturated heterocycles. The Morgan fingerprint density at radius 2 is 2.00 bits per heavy atom. The number of hydrogen-bond donors (Lipinski definition) is 3. The van der Waals surface area contributed by atoms with E-state index in [9.17, 15) is 18.0 Å². The Kier molecular flexibility index (Phi) is 6.69. The summed E-state index contributed by atoms with van der Waals surface area (Å²) in [5, 5.41) is 17.1. The van der Waals surface area contributed by atoms with Crippen molar-refractivity contribution in [3.63, 3.8) is 0 Å². The van der Waals surface area contributed by atoms with E-state index in [-0.39, 0.29) is 13.0 Å². The van der Waals surface area contributed by atoms with Crippen LogP contribution in [0.2, 0.25) is 0 Å². The van der Waals surface area contributed by atoms with Crippen molar-refractivity contribution >= 4 is 22.0 Å². The molecule has 0 radical (unpaired) electrons. The van der Waals surface area contributed by atoms with Crippen LogP contribution in [-0.2, 0) is 24.3 Å². The molecular weight excluding hydrogens is 254 g/mol. The molecule has 0 aromatic rings. The van der Waals surface area contributed by atoms with Gasteiger partial charge in [-0.15, -0.1) is 0 Å². The Bertz CT molecular complexity index is 364. The average molecular weight is 269 g/mol. The minimum absolute atomic E-state index is 0.140. The molecule has 0 aliphatic rings. The first kappa shape index (κ1) is 15.8. The molecule has 0 aliphatic heterocycles. The third kappa shape index (κ3) is 6.87. The molecule has 0 heterocycles. The van der Waals surface area contributed by atoms with Crippen molar-refractivity contribution in [1.29, 1.82) is 0 Å².